The number of benzene rings is 7. The van der Waals surface area contributed by atoms with Gasteiger partial charge in [0, 0.05) is 27.5 Å². The van der Waals surface area contributed by atoms with Crippen LogP contribution >= 0.6 is 0 Å². The van der Waals surface area contributed by atoms with E-state index in [1.165, 1.54) is 5.39 Å². The van der Waals surface area contributed by atoms with Crippen LogP contribution < -0.4 is 4.90 Å². The Morgan fingerprint density at radius 1 is 0.587 bits per heavy atom. The third kappa shape index (κ3) is 5.14. The van der Waals surface area contributed by atoms with E-state index in [4.69, 9.17) is 0 Å². The van der Waals surface area contributed by atoms with E-state index < -0.39 is 0 Å². The molecule has 0 saturated heterocycles. The monoisotopic (exact) mass is 591 g/mol. The van der Waals surface area contributed by atoms with Gasteiger partial charge in [0.15, 0.2) is 0 Å². The predicted octanol–water partition coefficient (Wildman–Crippen LogP) is 10.3. The summed E-state index contributed by atoms with van der Waals surface area (Å²) in [6.45, 7) is 2.04. The minimum absolute atomic E-state index is 0.00302. The number of hydrogen-bond donors (Lipinski definition) is 1. The summed E-state index contributed by atoms with van der Waals surface area (Å²) in [5.41, 5.74) is 7.98. The first-order valence-corrected chi connectivity index (χ1v) is 15.1. The maximum absolute atomic E-state index is 9.94. The summed E-state index contributed by atoms with van der Waals surface area (Å²) in [4.78, 5) is 2.25. The second-order valence-electron chi connectivity index (χ2n) is 11.4. The highest BCUT2D eigenvalue weighted by Crippen LogP contribution is 2.39. The number of nitriles is 2. The van der Waals surface area contributed by atoms with E-state index in [2.05, 4.69) is 108 Å². The van der Waals surface area contributed by atoms with Crippen LogP contribution in [0.5, 0.6) is 0 Å². The van der Waals surface area contributed by atoms with Gasteiger partial charge < -0.3 is 10.0 Å². The van der Waals surface area contributed by atoms with Gasteiger partial charge in [-0.25, -0.2) is 0 Å². The zero-order chi connectivity index (χ0) is 31.6. The quantitative estimate of drug-likeness (QED) is 0.154. The van der Waals surface area contributed by atoms with Gasteiger partial charge in [0.2, 0.25) is 0 Å². The molecule has 0 aliphatic heterocycles. The molecule has 0 bridgehead atoms. The highest BCUT2D eigenvalue weighted by Gasteiger charge is 2.16. The van der Waals surface area contributed by atoms with Crippen LogP contribution in [0.25, 0.3) is 44.5 Å². The molecule has 7 aromatic rings. The average Bonchev–Trinajstić information content (AvgIpc) is 3.11. The van der Waals surface area contributed by atoms with E-state index in [0.717, 1.165) is 66.2 Å². The molecule has 0 fully saturated rings. The van der Waals surface area contributed by atoms with E-state index in [1.807, 2.05) is 55.5 Å². The predicted molar refractivity (Wildman–Crippen MR) is 189 cm³/mol. The topological polar surface area (TPSA) is 71.0 Å². The van der Waals surface area contributed by atoms with Crippen LogP contribution in [0.4, 0.5) is 17.1 Å². The Morgan fingerprint density at radius 2 is 1.17 bits per heavy atom. The van der Waals surface area contributed by atoms with Crippen molar-refractivity contribution in [1.29, 1.82) is 10.5 Å². The van der Waals surface area contributed by atoms with Gasteiger partial charge >= 0.3 is 0 Å². The zero-order valence-electron chi connectivity index (χ0n) is 25.3. The number of nitrogens with zero attached hydrogens (tertiary/aromatic N) is 3. The van der Waals surface area contributed by atoms with Crippen LogP contribution in [0.15, 0.2) is 127 Å². The first-order chi connectivity index (χ1) is 22.6. The summed E-state index contributed by atoms with van der Waals surface area (Å²) in [6, 6.07) is 47.8. The molecule has 0 amide bonds. The molecule has 0 heterocycles. The molecule has 0 unspecified atom stereocenters. The molecule has 0 aromatic heterocycles. The maximum Gasteiger partial charge on any atom is 0.101 e. The molecular formula is C42H29N3O. The molecule has 4 heteroatoms. The van der Waals surface area contributed by atoms with Gasteiger partial charge in [0.05, 0.1) is 23.4 Å². The molecule has 4 nitrogen and oxygen atoms in total. The lowest BCUT2D eigenvalue weighted by Gasteiger charge is -2.27. The summed E-state index contributed by atoms with van der Waals surface area (Å²) in [7, 11) is 0. The van der Waals surface area contributed by atoms with Gasteiger partial charge in [0.25, 0.3) is 0 Å². The minimum Gasteiger partial charge on any atom is -0.392 e. The number of anilines is 3. The van der Waals surface area contributed by atoms with Crippen molar-refractivity contribution in [3.63, 3.8) is 0 Å². The molecule has 0 radical (unpaired) electrons. The number of fused-ring (bicyclic) bond motifs is 4. The van der Waals surface area contributed by atoms with Crippen molar-refractivity contribution < 1.29 is 5.11 Å². The van der Waals surface area contributed by atoms with Gasteiger partial charge in [-0.15, -0.1) is 0 Å². The van der Waals surface area contributed by atoms with Crippen molar-refractivity contribution in [2.24, 2.45) is 0 Å². The number of rotatable bonds is 6. The van der Waals surface area contributed by atoms with Gasteiger partial charge in [-0.3, -0.25) is 0 Å². The molecule has 1 N–H and O–H groups in total. The second kappa shape index (κ2) is 12.1. The normalized spacial score (nSPS) is 11.2. The number of aliphatic hydroxyl groups is 1. The lowest BCUT2D eigenvalue weighted by molar-refractivity contribution is 0.282. The highest BCUT2D eigenvalue weighted by atomic mass is 16.3. The third-order valence-corrected chi connectivity index (χ3v) is 8.53. The SMILES string of the molecule is Cc1ccc2c(C#N)c(C#N)c3ccc(C=Cc4ccc(N(c5ccc(CO)cc5)c5cccc6ccccc56)cc4)cc3c2c1. The van der Waals surface area contributed by atoms with Gasteiger partial charge in [0.1, 0.15) is 12.1 Å². The van der Waals surface area contributed by atoms with Crippen LogP contribution in [0.1, 0.15) is 33.4 Å². The van der Waals surface area contributed by atoms with Crippen LogP contribution in [0.3, 0.4) is 0 Å². The highest BCUT2D eigenvalue weighted by molar-refractivity contribution is 6.13. The van der Waals surface area contributed by atoms with Crippen molar-refractivity contribution >= 4 is 61.5 Å². The summed E-state index contributed by atoms with van der Waals surface area (Å²) in [5.74, 6) is 0. The molecule has 46 heavy (non-hydrogen) atoms. The molecule has 0 spiro atoms. The minimum atomic E-state index is 0.00302. The lowest BCUT2D eigenvalue weighted by atomic mass is 9.91. The number of hydrogen-bond acceptors (Lipinski definition) is 4. The largest absolute Gasteiger partial charge is 0.392 e. The van der Waals surface area contributed by atoms with Crippen LogP contribution in [-0.2, 0) is 6.61 Å². The Hall–Kier alpha value is -6.20. The van der Waals surface area contributed by atoms with Crippen molar-refractivity contribution in [3.05, 3.63) is 161 Å². The summed E-state index contributed by atoms with van der Waals surface area (Å²) in [6.07, 6.45) is 4.17. The van der Waals surface area contributed by atoms with E-state index in [9.17, 15) is 15.6 Å². The Bertz CT molecular complexity index is 2370. The second-order valence-corrected chi connectivity index (χ2v) is 11.4. The molecule has 0 saturated carbocycles. The fourth-order valence-corrected chi connectivity index (χ4v) is 6.21. The van der Waals surface area contributed by atoms with Crippen molar-refractivity contribution in [3.8, 4) is 12.1 Å². The Kier molecular flexibility index (Phi) is 7.49. The molecule has 7 rings (SSSR count). The van der Waals surface area contributed by atoms with Crippen molar-refractivity contribution in [2.45, 2.75) is 13.5 Å². The molecule has 0 aliphatic rings. The Balaban J connectivity index is 1.27. The Labute approximate surface area is 267 Å². The third-order valence-electron chi connectivity index (χ3n) is 8.53. The average molecular weight is 592 g/mol. The molecule has 218 valence electrons. The van der Waals surface area contributed by atoms with Crippen LogP contribution in [0, 0.1) is 29.6 Å². The number of aliphatic hydroxyl groups excluding tert-OH is 1. The van der Waals surface area contributed by atoms with E-state index >= 15 is 0 Å². The first kappa shape index (κ1) is 28.6. The van der Waals surface area contributed by atoms with Crippen LogP contribution in [-0.4, -0.2) is 5.11 Å². The molecular weight excluding hydrogens is 562 g/mol. The molecule has 0 aliphatic carbocycles. The maximum atomic E-state index is 9.94. The van der Waals surface area contributed by atoms with Crippen molar-refractivity contribution in [2.75, 3.05) is 4.90 Å². The summed E-state index contributed by atoms with van der Waals surface area (Å²) >= 11 is 0. The zero-order valence-corrected chi connectivity index (χ0v) is 25.3. The lowest BCUT2D eigenvalue weighted by Crippen LogP contribution is -2.10. The Morgan fingerprint density at radius 3 is 1.87 bits per heavy atom. The van der Waals surface area contributed by atoms with Crippen molar-refractivity contribution in [1.82, 2.24) is 0 Å². The van der Waals surface area contributed by atoms with Gasteiger partial charge in [-0.2, -0.15) is 10.5 Å². The summed E-state index contributed by atoms with van der Waals surface area (Å²) < 4.78 is 0. The van der Waals surface area contributed by atoms with Gasteiger partial charge in [-0.1, -0.05) is 109 Å². The van der Waals surface area contributed by atoms with E-state index in [0.29, 0.717) is 11.1 Å². The standard InChI is InChI=1S/C42H29N3O/c1-28-9-21-36-38(23-28)39-24-30(16-22-37(39)41(26-44)40(36)25-43)11-10-29-12-17-33(18-13-29)45(34-19-14-31(27-46)15-20-34)42-8-4-6-32-5-2-3-7-35(32)42/h2-24,46H,27H2,1H3. The molecule has 7 aromatic carbocycles. The smallest absolute Gasteiger partial charge is 0.101 e. The van der Waals surface area contributed by atoms with Gasteiger partial charge in [-0.05, 0) is 76.2 Å². The number of aryl methyl sites for hydroxylation is 1. The fourth-order valence-electron chi connectivity index (χ4n) is 6.21. The summed E-state index contributed by atoms with van der Waals surface area (Å²) in [5, 5.41) is 35.3. The van der Waals surface area contributed by atoms with Crippen LogP contribution in [0.2, 0.25) is 0 Å². The fraction of sp³-hybridized carbons (Fsp3) is 0.0476. The first-order valence-electron chi connectivity index (χ1n) is 15.1. The van der Waals surface area contributed by atoms with E-state index in [-0.39, 0.29) is 6.61 Å². The molecule has 0 atom stereocenters. The van der Waals surface area contributed by atoms with E-state index in [1.54, 1.807) is 0 Å².